The molecule has 0 saturated carbocycles. The van der Waals surface area contributed by atoms with Gasteiger partial charge in [0.2, 0.25) is 0 Å². The van der Waals surface area contributed by atoms with E-state index >= 15 is 0 Å². The minimum Gasteiger partial charge on any atom is -0.508 e. The summed E-state index contributed by atoms with van der Waals surface area (Å²) in [5, 5.41) is 10.1. The van der Waals surface area contributed by atoms with Gasteiger partial charge in [-0.1, -0.05) is 23.7 Å². The highest BCUT2D eigenvalue weighted by Gasteiger charge is 2.22. The van der Waals surface area contributed by atoms with Crippen molar-refractivity contribution in [1.82, 2.24) is 4.90 Å². The van der Waals surface area contributed by atoms with E-state index in [2.05, 4.69) is 4.90 Å². The number of carbonyl (C=O) groups is 2. The largest absolute Gasteiger partial charge is 0.508 e. The molecular weight excluding hydrogens is 356 g/mol. The van der Waals surface area contributed by atoms with Crippen molar-refractivity contribution >= 4 is 29.2 Å². The van der Waals surface area contributed by atoms with Gasteiger partial charge in [-0.25, -0.2) is 4.79 Å². The van der Waals surface area contributed by atoms with Crippen LogP contribution in [0.25, 0.3) is 0 Å². The highest BCUT2D eigenvalue weighted by atomic mass is 35.5. The van der Waals surface area contributed by atoms with Crippen molar-refractivity contribution in [2.24, 2.45) is 0 Å². The summed E-state index contributed by atoms with van der Waals surface area (Å²) in [6.07, 6.45) is 0. The molecule has 2 aromatic rings. The maximum atomic E-state index is 12.3. The molecule has 7 heteroatoms. The SMILES string of the molecule is O=C(OCC(=O)N1CCN(c2cccc(Cl)c2)CC1)c1cccc(O)c1. The number of hydrogen-bond donors (Lipinski definition) is 1. The highest BCUT2D eigenvalue weighted by Crippen LogP contribution is 2.20. The van der Waals surface area contributed by atoms with Crippen LogP contribution in [0.1, 0.15) is 10.4 Å². The van der Waals surface area contributed by atoms with Crippen molar-refractivity contribution in [1.29, 1.82) is 0 Å². The fourth-order valence-corrected chi connectivity index (χ4v) is 3.01. The maximum Gasteiger partial charge on any atom is 0.338 e. The Hall–Kier alpha value is -2.73. The molecule has 1 aliphatic heterocycles. The van der Waals surface area contributed by atoms with Gasteiger partial charge in [0.25, 0.3) is 5.91 Å². The van der Waals surface area contributed by atoms with Crippen LogP contribution in [0.5, 0.6) is 5.75 Å². The molecule has 1 saturated heterocycles. The summed E-state index contributed by atoms with van der Waals surface area (Å²) in [6, 6.07) is 13.4. The lowest BCUT2D eigenvalue weighted by molar-refractivity contribution is -0.134. The van der Waals surface area contributed by atoms with Crippen molar-refractivity contribution in [2.45, 2.75) is 0 Å². The number of phenolic OH excluding ortho intramolecular Hbond substituents is 1. The van der Waals surface area contributed by atoms with E-state index in [9.17, 15) is 14.7 Å². The van der Waals surface area contributed by atoms with Crippen LogP contribution in [-0.2, 0) is 9.53 Å². The predicted molar refractivity (Wildman–Crippen MR) is 98.6 cm³/mol. The third-order valence-corrected chi connectivity index (χ3v) is 4.45. The minimum absolute atomic E-state index is 0.0251. The van der Waals surface area contributed by atoms with Crippen molar-refractivity contribution in [3.8, 4) is 5.75 Å². The molecular formula is C19H19ClN2O4. The molecule has 0 unspecified atom stereocenters. The zero-order chi connectivity index (χ0) is 18.5. The molecule has 136 valence electrons. The van der Waals surface area contributed by atoms with Gasteiger partial charge >= 0.3 is 5.97 Å². The summed E-state index contributed by atoms with van der Waals surface area (Å²) in [4.78, 5) is 28.0. The van der Waals surface area contributed by atoms with Crippen LogP contribution >= 0.6 is 11.6 Å². The number of esters is 1. The van der Waals surface area contributed by atoms with E-state index < -0.39 is 5.97 Å². The molecule has 2 aromatic carbocycles. The number of benzene rings is 2. The third kappa shape index (κ3) is 4.46. The standard InChI is InChI=1S/C19H19ClN2O4/c20-15-4-2-5-16(12-15)21-7-9-22(10-8-21)18(24)13-26-19(25)14-3-1-6-17(23)11-14/h1-6,11-12,23H,7-10,13H2. The zero-order valence-electron chi connectivity index (χ0n) is 14.1. The molecule has 1 amide bonds. The number of hydrogen-bond acceptors (Lipinski definition) is 5. The van der Waals surface area contributed by atoms with Crippen LogP contribution in [0, 0.1) is 0 Å². The van der Waals surface area contributed by atoms with Gasteiger partial charge in [0.15, 0.2) is 6.61 Å². The van der Waals surface area contributed by atoms with Crippen molar-refractivity contribution in [3.05, 3.63) is 59.1 Å². The van der Waals surface area contributed by atoms with Gasteiger partial charge in [-0.05, 0) is 36.4 Å². The van der Waals surface area contributed by atoms with E-state index in [-0.39, 0.29) is 23.8 Å². The van der Waals surface area contributed by atoms with Crippen LogP contribution in [0.2, 0.25) is 5.02 Å². The van der Waals surface area contributed by atoms with Gasteiger partial charge in [-0.2, -0.15) is 0 Å². The smallest absolute Gasteiger partial charge is 0.338 e. The minimum atomic E-state index is -0.633. The summed E-state index contributed by atoms with van der Waals surface area (Å²) < 4.78 is 5.05. The van der Waals surface area contributed by atoms with Crippen LogP contribution in [0.4, 0.5) is 5.69 Å². The first kappa shape index (κ1) is 18.1. The quantitative estimate of drug-likeness (QED) is 0.833. The van der Waals surface area contributed by atoms with Crippen LogP contribution in [0.15, 0.2) is 48.5 Å². The molecule has 0 radical (unpaired) electrons. The average molecular weight is 375 g/mol. The van der Waals surface area contributed by atoms with Crippen molar-refractivity contribution in [2.75, 3.05) is 37.7 Å². The molecule has 1 aliphatic rings. The Morgan fingerprint density at radius 2 is 1.77 bits per heavy atom. The molecule has 3 rings (SSSR count). The summed E-state index contributed by atoms with van der Waals surface area (Å²) in [6.45, 7) is 2.16. The number of rotatable bonds is 4. The molecule has 1 fully saturated rings. The van der Waals surface area contributed by atoms with Gasteiger partial charge in [-0.15, -0.1) is 0 Å². The predicted octanol–water partition coefficient (Wildman–Crippen LogP) is 2.55. The van der Waals surface area contributed by atoms with Crippen LogP contribution in [0.3, 0.4) is 0 Å². The zero-order valence-corrected chi connectivity index (χ0v) is 14.9. The number of nitrogens with zero attached hydrogens (tertiary/aromatic N) is 2. The van der Waals surface area contributed by atoms with Crippen molar-refractivity contribution < 1.29 is 19.4 Å². The fraction of sp³-hybridized carbons (Fsp3) is 0.263. The first-order valence-corrected chi connectivity index (χ1v) is 8.65. The fourth-order valence-electron chi connectivity index (χ4n) is 2.82. The second kappa shape index (κ2) is 8.10. The van der Waals surface area contributed by atoms with E-state index in [0.29, 0.717) is 31.2 Å². The first-order chi connectivity index (χ1) is 12.5. The van der Waals surface area contributed by atoms with Gasteiger partial charge < -0.3 is 19.6 Å². The number of piperazine rings is 1. The second-order valence-electron chi connectivity index (χ2n) is 5.97. The lowest BCUT2D eigenvalue weighted by atomic mass is 10.2. The van der Waals surface area contributed by atoms with E-state index in [1.54, 1.807) is 11.0 Å². The Kier molecular flexibility index (Phi) is 5.63. The highest BCUT2D eigenvalue weighted by molar-refractivity contribution is 6.30. The van der Waals surface area contributed by atoms with Crippen LogP contribution < -0.4 is 4.90 Å². The van der Waals surface area contributed by atoms with Gasteiger partial charge in [-0.3, -0.25) is 4.79 Å². The monoisotopic (exact) mass is 374 g/mol. The molecule has 0 aliphatic carbocycles. The molecule has 26 heavy (non-hydrogen) atoms. The number of carbonyl (C=O) groups excluding carboxylic acids is 2. The number of ether oxygens (including phenoxy) is 1. The van der Waals surface area contributed by atoms with Gasteiger partial charge in [0.1, 0.15) is 5.75 Å². The average Bonchev–Trinajstić information content (AvgIpc) is 2.66. The van der Waals surface area contributed by atoms with E-state index in [4.69, 9.17) is 16.3 Å². The summed E-state index contributed by atoms with van der Waals surface area (Å²) in [5.74, 6) is -0.890. The Morgan fingerprint density at radius 3 is 2.46 bits per heavy atom. The van der Waals surface area contributed by atoms with E-state index in [0.717, 1.165) is 5.69 Å². The number of halogens is 1. The Bertz CT molecular complexity index is 804. The Labute approximate surface area is 156 Å². The first-order valence-electron chi connectivity index (χ1n) is 8.27. The molecule has 0 spiro atoms. The number of phenols is 1. The maximum absolute atomic E-state index is 12.3. The van der Waals surface area contributed by atoms with Gasteiger partial charge in [0.05, 0.1) is 5.56 Å². The van der Waals surface area contributed by atoms with Gasteiger partial charge in [0, 0.05) is 36.9 Å². The molecule has 0 aromatic heterocycles. The topological polar surface area (TPSA) is 70.1 Å². The molecule has 1 N–H and O–H groups in total. The lowest BCUT2D eigenvalue weighted by Gasteiger charge is -2.36. The number of amides is 1. The molecule has 6 nitrogen and oxygen atoms in total. The van der Waals surface area contributed by atoms with E-state index in [1.165, 1.54) is 18.2 Å². The number of aromatic hydroxyl groups is 1. The Morgan fingerprint density at radius 1 is 1.04 bits per heavy atom. The van der Waals surface area contributed by atoms with Crippen LogP contribution in [-0.4, -0.2) is 54.7 Å². The normalized spacial score (nSPS) is 14.2. The van der Waals surface area contributed by atoms with E-state index in [1.807, 2.05) is 24.3 Å². The second-order valence-corrected chi connectivity index (χ2v) is 6.41. The molecule has 0 bridgehead atoms. The summed E-state index contributed by atoms with van der Waals surface area (Å²) >= 11 is 6.02. The summed E-state index contributed by atoms with van der Waals surface area (Å²) in [5.41, 5.74) is 1.24. The Balaban J connectivity index is 1.48. The third-order valence-electron chi connectivity index (χ3n) is 4.21. The number of anilines is 1. The molecule has 0 atom stereocenters. The summed E-state index contributed by atoms with van der Waals surface area (Å²) in [7, 11) is 0. The van der Waals surface area contributed by atoms with Crippen molar-refractivity contribution in [3.63, 3.8) is 0 Å². The molecule has 1 heterocycles. The lowest BCUT2D eigenvalue weighted by Crippen LogP contribution is -2.49.